The van der Waals surface area contributed by atoms with E-state index >= 15 is 0 Å². The van der Waals surface area contributed by atoms with Gasteiger partial charge in [0.15, 0.2) is 0 Å². The van der Waals surface area contributed by atoms with Crippen molar-refractivity contribution in [2.24, 2.45) is 5.92 Å². The fraction of sp³-hybridized carbons (Fsp3) is 1.00. The summed E-state index contributed by atoms with van der Waals surface area (Å²) in [6.45, 7) is 2.01. The molecule has 0 unspecified atom stereocenters. The summed E-state index contributed by atoms with van der Waals surface area (Å²) < 4.78 is 0. The van der Waals surface area contributed by atoms with E-state index in [0.717, 1.165) is 19.3 Å². The molecule has 0 aliphatic heterocycles. The van der Waals surface area contributed by atoms with E-state index in [1.54, 1.807) is 0 Å². The molecule has 11 heavy (non-hydrogen) atoms. The lowest BCUT2D eigenvalue weighted by atomic mass is 9.88. The van der Waals surface area contributed by atoms with Crippen LogP contribution in [0.3, 0.4) is 0 Å². The summed E-state index contributed by atoms with van der Waals surface area (Å²) >= 11 is 0. The van der Waals surface area contributed by atoms with Gasteiger partial charge in [-0.2, -0.15) is 0 Å². The van der Waals surface area contributed by atoms with E-state index < -0.39 is 5.09 Å². The maximum absolute atomic E-state index is 10.00. The van der Waals surface area contributed by atoms with E-state index in [1.165, 1.54) is 6.42 Å². The van der Waals surface area contributed by atoms with Gasteiger partial charge in [-0.05, 0) is 18.8 Å². The van der Waals surface area contributed by atoms with Crippen molar-refractivity contribution in [2.75, 3.05) is 0 Å². The van der Waals surface area contributed by atoms with E-state index in [9.17, 15) is 10.1 Å². The monoisotopic (exact) mass is 159 g/mol. The summed E-state index contributed by atoms with van der Waals surface area (Å²) in [5, 5.41) is 9.32. The molecule has 64 valence electrons. The first-order valence-electron chi connectivity index (χ1n) is 4.01. The van der Waals surface area contributed by atoms with Gasteiger partial charge in [-0.25, -0.2) is 0 Å². The number of nitrogens with zero attached hydrogens (tertiary/aromatic N) is 1. The normalized spacial score (nSPS) is 31.4. The van der Waals surface area contributed by atoms with Crippen LogP contribution in [0.2, 0.25) is 0 Å². The fourth-order valence-electron chi connectivity index (χ4n) is 1.55. The van der Waals surface area contributed by atoms with Gasteiger partial charge in [0.25, 0.3) is 5.09 Å². The Bertz CT molecular complexity index is 149. The van der Waals surface area contributed by atoms with Gasteiger partial charge in [-0.3, -0.25) is 0 Å². The molecule has 0 N–H and O–H groups in total. The average molecular weight is 159 g/mol. The largest absolute Gasteiger partial charge is 0.310 e. The molecule has 1 aliphatic carbocycles. The molecule has 0 aromatic carbocycles. The molecule has 0 aromatic rings. The first-order valence-corrected chi connectivity index (χ1v) is 4.01. The van der Waals surface area contributed by atoms with Gasteiger partial charge in [-0.1, -0.05) is 19.8 Å². The summed E-state index contributed by atoms with van der Waals surface area (Å²) in [7, 11) is 0. The molecule has 2 atom stereocenters. The Hall–Kier alpha value is -0.800. The first kappa shape index (κ1) is 8.30. The molecule has 0 heterocycles. The Morgan fingerprint density at radius 2 is 2.09 bits per heavy atom. The molecular formula is C7H13NO3. The Morgan fingerprint density at radius 1 is 1.45 bits per heavy atom. The van der Waals surface area contributed by atoms with E-state index in [1.807, 2.05) is 6.92 Å². The summed E-state index contributed by atoms with van der Waals surface area (Å²) in [6.07, 6.45) is 3.97. The van der Waals surface area contributed by atoms with E-state index in [2.05, 4.69) is 4.84 Å². The zero-order chi connectivity index (χ0) is 8.27. The van der Waals surface area contributed by atoms with Crippen molar-refractivity contribution in [3.05, 3.63) is 10.1 Å². The van der Waals surface area contributed by atoms with Crippen LogP contribution in [-0.4, -0.2) is 11.2 Å². The topological polar surface area (TPSA) is 52.4 Å². The van der Waals surface area contributed by atoms with Crippen molar-refractivity contribution in [3.63, 3.8) is 0 Å². The second-order valence-electron chi connectivity index (χ2n) is 3.13. The molecule has 0 bridgehead atoms. The molecule has 1 fully saturated rings. The minimum atomic E-state index is -0.674. The van der Waals surface area contributed by atoms with Crippen LogP contribution in [0, 0.1) is 16.0 Å². The minimum Gasteiger partial charge on any atom is -0.310 e. The van der Waals surface area contributed by atoms with E-state index in [0.29, 0.717) is 5.92 Å². The van der Waals surface area contributed by atoms with E-state index in [-0.39, 0.29) is 6.10 Å². The molecule has 4 nitrogen and oxygen atoms in total. The quantitative estimate of drug-likeness (QED) is 0.455. The van der Waals surface area contributed by atoms with Crippen molar-refractivity contribution >= 4 is 0 Å². The van der Waals surface area contributed by atoms with Crippen molar-refractivity contribution in [2.45, 2.75) is 38.7 Å². The summed E-state index contributed by atoms with van der Waals surface area (Å²) in [5.74, 6) is 0.342. The van der Waals surface area contributed by atoms with Crippen LogP contribution in [0.4, 0.5) is 0 Å². The maximum Gasteiger partial charge on any atom is 0.294 e. The van der Waals surface area contributed by atoms with Gasteiger partial charge >= 0.3 is 0 Å². The summed E-state index contributed by atoms with van der Waals surface area (Å²) in [5.41, 5.74) is 0. The lowest BCUT2D eigenvalue weighted by molar-refractivity contribution is -0.771. The van der Waals surface area contributed by atoms with Crippen molar-refractivity contribution in [1.82, 2.24) is 0 Å². The molecule has 1 rings (SSSR count). The SMILES string of the molecule is C[C@H]1CCCC[C@@H]1O[N+](=O)[O-]. The second-order valence-corrected chi connectivity index (χ2v) is 3.13. The van der Waals surface area contributed by atoms with Crippen molar-refractivity contribution in [1.29, 1.82) is 0 Å². The molecule has 0 saturated heterocycles. The summed E-state index contributed by atoms with van der Waals surface area (Å²) in [6, 6.07) is 0. The van der Waals surface area contributed by atoms with E-state index in [4.69, 9.17) is 0 Å². The van der Waals surface area contributed by atoms with Gasteiger partial charge in [0.05, 0.1) is 0 Å². The third kappa shape index (κ3) is 2.37. The second kappa shape index (κ2) is 3.55. The highest BCUT2D eigenvalue weighted by atomic mass is 17.0. The highest BCUT2D eigenvalue weighted by Crippen LogP contribution is 2.25. The highest BCUT2D eigenvalue weighted by Gasteiger charge is 2.23. The number of hydrogen-bond donors (Lipinski definition) is 0. The third-order valence-electron chi connectivity index (χ3n) is 2.25. The van der Waals surface area contributed by atoms with Gasteiger partial charge in [0, 0.05) is 0 Å². The lowest BCUT2D eigenvalue weighted by Gasteiger charge is -2.26. The van der Waals surface area contributed by atoms with Crippen LogP contribution in [-0.2, 0) is 4.84 Å². The molecule has 0 amide bonds. The Balaban J connectivity index is 2.35. The minimum absolute atomic E-state index is 0.154. The van der Waals surface area contributed by atoms with Crippen LogP contribution in [0.5, 0.6) is 0 Å². The van der Waals surface area contributed by atoms with Crippen LogP contribution >= 0.6 is 0 Å². The van der Waals surface area contributed by atoms with Gasteiger partial charge in [0.1, 0.15) is 6.10 Å². The molecular weight excluding hydrogens is 146 g/mol. The fourth-order valence-corrected chi connectivity index (χ4v) is 1.55. The smallest absolute Gasteiger partial charge is 0.294 e. The van der Waals surface area contributed by atoms with Crippen LogP contribution in [0.25, 0.3) is 0 Å². The number of hydrogen-bond acceptors (Lipinski definition) is 3. The van der Waals surface area contributed by atoms with Crippen LogP contribution in [0.15, 0.2) is 0 Å². The van der Waals surface area contributed by atoms with Crippen LogP contribution in [0.1, 0.15) is 32.6 Å². The first-order chi connectivity index (χ1) is 5.20. The maximum atomic E-state index is 10.00. The van der Waals surface area contributed by atoms with Gasteiger partial charge in [-0.15, -0.1) is 10.1 Å². The van der Waals surface area contributed by atoms with Gasteiger partial charge in [0.2, 0.25) is 0 Å². The predicted octanol–water partition coefficient (Wildman–Crippen LogP) is 1.77. The molecule has 0 aromatic heterocycles. The highest BCUT2D eigenvalue weighted by molar-refractivity contribution is 4.70. The third-order valence-corrected chi connectivity index (χ3v) is 2.25. The molecule has 1 aliphatic rings. The Kier molecular flexibility index (Phi) is 2.68. The molecule has 0 radical (unpaired) electrons. The number of rotatable bonds is 2. The lowest BCUT2D eigenvalue weighted by Crippen LogP contribution is -2.27. The average Bonchev–Trinajstić information content (AvgIpc) is 1.93. The van der Waals surface area contributed by atoms with Crippen molar-refractivity contribution in [3.8, 4) is 0 Å². The Labute approximate surface area is 65.6 Å². The zero-order valence-corrected chi connectivity index (χ0v) is 6.66. The summed E-state index contributed by atoms with van der Waals surface area (Å²) in [4.78, 5) is 14.5. The standard InChI is InChI=1S/C7H13NO3/c1-6-4-2-3-5-7(6)11-8(9)10/h6-7H,2-5H2,1H3/t6-,7-/m0/s1. The zero-order valence-electron chi connectivity index (χ0n) is 6.66. The molecule has 4 heteroatoms. The Morgan fingerprint density at radius 3 is 2.64 bits per heavy atom. The predicted molar refractivity (Wildman–Crippen MR) is 39.5 cm³/mol. The van der Waals surface area contributed by atoms with Gasteiger partial charge < -0.3 is 4.84 Å². The molecule has 0 spiro atoms. The van der Waals surface area contributed by atoms with Crippen LogP contribution < -0.4 is 0 Å². The molecule has 1 saturated carbocycles. The van der Waals surface area contributed by atoms with Crippen molar-refractivity contribution < 1.29 is 9.92 Å².